The maximum Gasteiger partial charge on any atom is 0.497 e. The van der Waals surface area contributed by atoms with E-state index in [1.807, 2.05) is 33.8 Å². The highest BCUT2D eigenvalue weighted by atomic mass is 32.2. The molecule has 2 aliphatic rings. The summed E-state index contributed by atoms with van der Waals surface area (Å²) in [6.45, 7) is 16.2. The monoisotopic (exact) mass is 432 g/mol. The Bertz CT molecular complexity index is 931. The number of benzene rings is 1. The topological polar surface area (TPSA) is 35.4 Å². The first kappa shape index (κ1) is 22.2. The van der Waals surface area contributed by atoms with E-state index in [-0.39, 0.29) is 11.2 Å². The minimum absolute atomic E-state index is 0.109. The van der Waals surface area contributed by atoms with Crippen molar-refractivity contribution < 1.29 is 13.7 Å². The largest absolute Gasteiger partial charge is 0.497 e. The zero-order valence-corrected chi connectivity index (χ0v) is 20.1. The summed E-state index contributed by atoms with van der Waals surface area (Å²) in [6.07, 6.45) is 4.74. The molecule has 2 fully saturated rings. The van der Waals surface area contributed by atoms with Gasteiger partial charge < -0.3 is 13.9 Å². The molecule has 0 amide bonds. The molecule has 0 spiro atoms. The van der Waals surface area contributed by atoms with Crippen LogP contribution in [0.2, 0.25) is 0 Å². The van der Waals surface area contributed by atoms with Crippen LogP contribution in [0.3, 0.4) is 0 Å². The van der Waals surface area contributed by atoms with Crippen molar-refractivity contribution in [2.75, 3.05) is 0 Å². The lowest BCUT2D eigenvalue weighted by Gasteiger charge is -2.32. The quantitative estimate of drug-likeness (QED) is 0.513. The van der Waals surface area contributed by atoms with Crippen LogP contribution in [0.1, 0.15) is 66.9 Å². The maximum atomic E-state index is 15.3. The molecule has 2 heterocycles. The molecule has 1 aromatic carbocycles. The Kier molecular flexibility index (Phi) is 5.58. The van der Waals surface area contributed by atoms with Crippen LogP contribution in [0.15, 0.2) is 18.3 Å². The van der Waals surface area contributed by atoms with Crippen molar-refractivity contribution in [3.63, 3.8) is 0 Å². The molecule has 0 atom stereocenters. The molecule has 30 heavy (non-hydrogen) atoms. The maximum absolute atomic E-state index is 15.3. The van der Waals surface area contributed by atoms with Crippen LogP contribution in [0.4, 0.5) is 4.39 Å². The molecule has 1 saturated carbocycles. The first-order valence-electron chi connectivity index (χ1n) is 10.9. The van der Waals surface area contributed by atoms with Gasteiger partial charge in [0.2, 0.25) is 0 Å². The predicted molar refractivity (Wildman–Crippen MR) is 125 cm³/mol. The normalized spacial score (nSPS) is 21.0. The van der Waals surface area contributed by atoms with Crippen molar-refractivity contribution in [3.05, 3.63) is 29.7 Å². The van der Waals surface area contributed by atoms with Crippen LogP contribution >= 0.6 is 11.9 Å². The average Bonchev–Trinajstić information content (AvgIpc) is 3.32. The van der Waals surface area contributed by atoms with Crippen molar-refractivity contribution in [2.45, 2.75) is 90.8 Å². The molecular formula is C23H34BFN2O2S. The number of nitrogens with one attached hydrogen (secondary N) is 1. The predicted octanol–water partition coefficient (Wildman–Crippen LogP) is 5.03. The Hall–Kier alpha value is -1.02. The van der Waals surface area contributed by atoms with Gasteiger partial charge in [0.1, 0.15) is 5.82 Å². The van der Waals surface area contributed by atoms with E-state index in [1.54, 1.807) is 18.0 Å². The van der Waals surface area contributed by atoms with Crippen molar-refractivity contribution >= 4 is 35.4 Å². The third-order valence-corrected chi connectivity index (χ3v) is 7.39. The van der Waals surface area contributed by atoms with Gasteiger partial charge >= 0.3 is 7.12 Å². The van der Waals surface area contributed by atoms with Gasteiger partial charge in [0.15, 0.2) is 0 Å². The molecule has 1 saturated heterocycles. The average molecular weight is 432 g/mol. The number of halogens is 1. The minimum atomic E-state index is -0.704. The summed E-state index contributed by atoms with van der Waals surface area (Å²) in [5, 5.41) is 1.69. The van der Waals surface area contributed by atoms with E-state index in [9.17, 15) is 0 Å². The number of hydrogen-bond acceptors (Lipinski definition) is 4. The fraction of sp³-hybridized carbons (Fsp3) is 0.652. The van der Waals surface area contributed by atoms with Gasteiger partial charge in [-0.25, -0.2) is 4.39 Å². The SMILES string of the molecule is CC(C)(C)Cn1cc(CNSC2CC2)c2cc(F)c(B3OC(C)(C)C(C)(C)O3)cc21. The summed E-state index contributed by atoms with van der Waals surface area (Å²) in [7, 11) is -0.704. The van der Waals surface area contributed by atoms with E-state index in [2.05, 4.69) is 36.3 Å². The molecule has 0 unspecified atom stereocenters. The van der Waals surface area contributed by atoms with Gasteiger partial charge in [0.05, 0.1) is 11.2 Å². The van der Waals surface area contributed by atoms with Crippen LogP contribution < -0.4 is 10.2 Å². The van der Waals surface area contributed by atoms with Crippen LogP contribution in [-0.2, 0) is 22.4 Å². The van der Waals surface area contributed by atoms with Crippen molar-refractivity contribution in [2.24, 2.45) is 5.41 Å². The first-order valence-corrected chi connectivity index (χ1v) is 11.8. The standard InChI is InChI=1S/C23H34BFN2O2S/c1-21(2,3)14-27-13-15(12-26-30-16-8-9-16)17-10-19(25)18(11-20(17)27)24-28-22(4,5)23(6,7)29-24/h10-11,13,16,26H,8-9,12,14H2,1-7H3. The van der Waals surface area contributed by atoms with E-state index in [4.69, 9.17) is 9.31 Å². The minimum Gasteiger partial charge on any atom is -0.399 e. The zero-order chi connectivity index (χ0) is 21.9. The zero-order valence-electron chi connectivity index (χ0n) is 19.3. The molecular weight excluding hydrogens is 398 g/mol. The van der Waals surface area contributed by atoms with Gasteiger partial charge in [-0.3, -0.25) is 4.72 Å². The van der Waals surface area contributed by atoms with Gasteiger partial charge in [-0.2, -0.15) is 0 Å². The fourth-order valence-corrected chi connectivity index (χ4v) is 4.60. The van der Waals surface area contributed by atoms with Gasteiger partial charge in [-0.1, -0.05) is 32.7 Å². The number of rotatable bonds is 6. The van der Waals surface area contributed by atoms with E-state index in [1.165, 1.54) is 12.8 Å². The van der Waals surface area contributed by atoms with E-state index in [0.717, 1.165) is 34.8 Å². The van der Waals surface area contributed by atoms with Gasteiger partial charge in [-0.15, -0.1) is 0 Å². The second-order valence-electron chi connectivity index (χ2n) is 11.0. The molecule has 0 bridgehead atoms. The smallest absolute Gasteiger partial charge is 0.399 e. The van der Waals surface area contributed by atoms with Crippen molar-refractivity contribution in [1.29, 1.82) is 0 Å². The number of aromatic nitrogens is 1. The molecule has 1 aromatic heterocycles. The van der Waals surface area contributed by atoms with Crippen LogP contribution in [0.5, 0.6) is 0 Å². The third kappa shape index (κ3) is 4.45. The second-order valence-corrected chi connectivity index (χ2v) is 12.2. The molecule has 1 aliphatic carbocycles. The van der Waals surface area contributed by atoms with Gasteiger partial charge in [0, 0.05) is 40.9 Å². The third-order valence-electron chi connectivity index (χ3n) is 6.27. The van der Waals surface area contributed by atoms with Gasteiger partial charge in [-0.05, 0) is 63.6 Å². The lowest BCUT2D eigenvalue weighted by atomic mass is 9.78. The Labute approximate surface area is 184 Å². The van der Waals surface area contributed by atoms with Crippen molar-refractivity contribution in [3.8, 4) is 0 Å². The second kappa shape index (κ2) is 7.54. The van der Waals surface area contributed by atoms with Crippen LogP contribution in [-0.4, -0.2) is 28.1 Å². The molecule has 1 N–H and O–H groups in total. The highest BCUT2D eigenvalue weighted by molar-refractivity contribution is 7.98. The number of hydrogen-bond donors (Lipinski definition) is 1. The summed E-state index contributed by atoms with van der Waals surface area (Å²) in [6, 6.07) is 3.59. The number of fused-ring (bicyclic) bond motifs is 1. The Morgan fingerprint density at radius 2 is 1.80 bits per heavy atom. The molecule has 2 aromatic rings. The molecule has 1 aliphatic heterocycles. The lowest BCUT2D eigenvalue weighted by Crippen LogP contribution is -2.41. The lowest BCUT2D eigenvalue weighted by molar-refractivity contribution is 0.00578. The molecule has 7 heteroatoms. The summed E-state index contributed by atoms with van der Waals surface area (Å²) >= 11 is 1.80. The molecule has 164 valence electrons. The molecule has 0 radical (unpaired) electrons. The van der Waals surface area contributed by atoms with E-state index in [0.29, 0.717) is 5.46 Å². The Balaban J connectivity index is 1.71. The van der Waals surface area contributed by atoms with Crippen LogP contribution in [0, 0.1) is 11.2 Å². The first-order chi connectivity index (χ1) is 13.9. The van der Waals surface area contributed by atoms with Gasteiger partial charge in [0.25, 0.3) is 0 Å². The highest BCUT2D eigenvalue weighted by Crippen LogP contribution is 2.37. The summed E-state index contributed by atoms with van der Waals surface area (Å²) in [5.41, 5.74) is 1.74. The van der Waals surface area contributed by atoms with Crippen molar-refractivity contribution in [1.82, 2.24) is 9.29 Å². The van der Waals surface area contributed by atoms with Crippen LogP contribution in [0.25, 0.3) is 10.9 Å². The highest BCUT2D eigenvalue weighted by Gasteiger charge is 2.52. The number of nitrogens with zero attached hydrogens (tertiary/aromatic N) is 1. The Morgan fingerprint density at radius 3 is 2.37 bits per heavy atom. The summed E-state index contributed by atoms with van der Waals surface area (Å²) < 4.78 is 33.3. The van der Waals surface area contributed by atoms with E-state index >= 15 is 4.39 Å². The summed E-state index contributed by atoms with van der Waals surface area (Å²) in [4.78, 5) is 0. The Morgan fingerprint density at radius 1 is 1.17 bits per heavy atom. The molecule has 4 nitrogen and oxygen atoms in total. The summed E-state index contributed by atoms with van der Waals surface area (Å²) in [5.74, 6) is -0.273. The fourth-order valence-electron chi connectivity index (χ4n) is 3.76. The molecule has 4 rings (SSSR count). The van der Waals surface area contributed by atoms with E-state index < -0.39 is 18.3 Å².